The SMILES string of the molecule is CC#CC(=O)N1CC(=O)N(c2ccc(OC)cc2)C(C)(C)C1. The van der Waals surface area contributed by atoms with Crippen LogP contribution in [0.15, 0.2) is 24.3 Å². The normalized spacial score (nSPS) is 16.8. The highest BCUT2D eigenvalue weighted by molar-refractivity contribution is 6.02. The van der Waals surface area contributed by atoms with Crippen molar-refractivity contribution in [1.82, 2.24) is 4.90 Å². The van der Waals surface area contributed by atoms with E-state index >= 15 is 0 Å². The average molecular weight is 300 g/mol. The highest BCUT2D eigenvalue weighted by Gasteiger charge is 2.40. The Hall–Kier alpha value is -2.48. The van der Waals surface area contributed by atoms with Gasteiger partial charge < -0.3 is 14.5 Å². The zero-order valence-electron chi connectivity index (χ0n) is 13.3. The van der Waals surface area contributed by atoms with Gasteiger partial charge in [-0.05, 0) is 51.0 Å². The van der Waals surface area contributed by atoms with Gasteiger partial charge in [0.1, 0.15) is 12.3 Å². The highest BCUT2D eigenvalue weighted by Crippen LogP contribution is 2.30. The lowest BCUT2D eigenvalue weighted by Gasteiger charge is -2.46. The molecule has 0 aromatic heterocycles. The highest BCUT2D eigenvalue weighted by atomic mass is 16.5. The Morgan fingerprint density at radius 3 is 2.41 bits per heavy atom. The number of nitrogens with zero attached hydrogens (tertiary/aromatic N) is 2. The van der Waals surface area contributed by atoms with E-state index in [1.807, 2.05) is 38.1 Å². The van der Waals surface area contributed by atoms with Crippen LogP contribution in [0.3, 0.4) is 0 Å². The maximum absolute atomic E-state index is 12.5. The molecule has 116 valence electrons. The first-order valence-electron chi connectivity index (χ1n) is 7.08. The van der Waals surface area contributed by atoms with Crippen LogP contribution in [-0.2, 0) is 9.59 Å². The number of methoxy groups -OCH3 is 1. The molecule has 1 aromatic rings. The minimum Gasteiger partial charge on any atom is -0.497 e. The lowest BCUT2D eigenvalue weighted by Crippen LogP contribution is -2.63. The molecule has 1 saturated heterocycles. The Kier molecular flexibility index (Phi) is 4.41. The molecule has 2 rings (SSSR count). The summed E-state index contributed by atoms with van der Waals surface area (Å²) in [5, 5.41) is 0. The van der Waals surface area contributed by atoms with Crippen LogP contribution in [0.1, 0.15) is 20.8 Å². The van der Waals surface area contributed by atoms with Crippen LogP contribution in [-0.4, -0.2) is 42.5 Å². The van der Waals surface area contributed by atoms with Gasteiger partial charge in [0.2, 0.25) is 5.91 Å². The number of rotatable bonds is 2. The van der Waals surface area contributed by atoms with Crippen molar-refractivity contribution in [3.05, 3.63) is 24.3 Å². The Balaban J connectivity index is 2.27. The van der Waals surface area contributed by atoms with Crippen LogP contribution in [0.5, 0.6) is 5.75 Å². The first-order chi connectivity index (χ1) is 10.4. The van der Waals surface area contributed by atoms with Crippen molar-refractivity contribution < 1.29 is 14.3 Å². The molecule has 22 heavy (non-hydrogen) atoms. The molecule has 0 bridgehead atoms. The molecule has 1 aliphatic heterocycles. The van der Waals surface area contributed by atoms with Crippen molar-refractivity contribution in [2.24, 2.45) is 0 Å². The fourth-order valence-electron chi connectivity index (χ4n) is 2.72. The zero-order valence-corrected chi connectivity index (χ0v) is 13.3. The first kappa shape index (κ1) is 15.9. The lowest BCUT2D eigenvalue weighted by atomic mass is 9.97. The fourth-order valence-corrected chi connectivity index (χ4v) is 2.72. The monoisotopic (exact) mass is 300 g/mol. The van der Waals surface area contributed by atoms with Gasteiger partial charge in [-0.3, -0.25) is 9.59 Å². The summed E-state index contributed by atoms with van der Waals surface area (Å²) in [6.07, 6.45) is 0. The fraction of sp³-hybridized carbons (Fsp3) is 0.412. The van der Waals surface area contributed by atoms with Gasteiger partial charge in [-0.25, -0.2) is 0 Å². The van der Waals surface area contributed by atoms with Gasteiger partial charge in [-0.2, -0.15) is 0 Å². The number of piperazine rings is 1. The quantitative estimate of drug-likeness (QED) is 0.781. The number of hydrogen-bond donors (Lipinski definition) is 0. The van der Waals surface area contributed by atoms with Crippen molar-refractivity contribution >= 4 is 17.5 Å². The molecule has 1 heterocycles. The topological polar surface area (TPSA) is 49.9 Å². The third kappa shape index (κ3) is 3.06. The third-order valence-corrected chi connectivity index (χ3v) is 3.61. The number of carbonyl (C=O) groups excluding carboxylic acids is 2. The number of amides is 2. The molecule has 0 spiro atoms. The summed E-state index contributed by atoms with van der Waals surface area (Å²) in [6, 6.07) is 7.33. The van der Waals surface area contributed by atoms with Crippen molar-refractivity contribution in [3.63, 3.8) is 0 Å². The minimum absolute atomic E-state index is 0.0446. The predicted octanol–water partition coefficient (Wildman–Crippen LogP) is 1.67. The molecule has 1 fully saturated rings. The molecule has 5 nitrogen and oxygen atoms in total. The summed E-state index contributed by atoms with van der Waals surface area (Å²) < 4.78 is 5.14. The molecule has 0 unspecified atom stereocenters. The number of benzene rings is 1. The molecule has 5 heteroatoms. The standard InChI is InChI=1S/C17H20N2O3/c1-5-6-15(20)18-11-16(21)19(17(2,3)12-18)13-7-9-14(22-4)10-8-13/h7-10H,11-12H2,1-4H3. The van der Waals surface area contributed by atoms with Crippen LogP contribution in [0.25, 0.3) is 0 Å². The molecule has 0 radical (unpaired) electrons. The second-order valence-corrected chi connectivity index (χ2v) is 5.78. The molecule has 1 aliphatic rings. The van der Waals surface area contributed by atoms with Crippen LogP contribution < -0.4 is 9.64 Å². The van der Waals surface area contributed by atoms with Gasteiger partial charge in [-0.15, -0.1) is 0 Å². The van der Waals surface area contributed by atoms with Crippen molar-refractivity contribution in [1.29, 1.82) is 0 Å². The van der Waals surface area contributed by atoms with Gasteiger partial charge in [0.05, 0.1) is 12.6 Å². The van der Waals surface area contributed by atoms with Crippen molar-refractivity contribution in [2.45, 2.75) is 26.3 Å². The Morgan fingerprint density at radius 2 is 1.91 bits per heavy atom. The largest absolute Gasteiger partial charge is 0.497 e. The lowest BCUT2D eigenvalue weighted by molar-refractivity contribution is -0.134. The second-order valence-electron chi connectivity index (χ2n) is 5.78. The number of carbonyl (C=O) groups is 2. The average Bonchev–Trinajstić information content (AvgIpc) is 2.46. The summed E-state index contributed by atoms with van der Waals surface area (Å²) >= 11 is 0. The number of anilines is 1. The smallest absolute Gasteiger partial charge is 0.299 e. The Morgan fingerprint density at radius 1 is 1.27 bits per heavy atom. The van der Waals surface area contributed by atoms with E-state index < -0.39 is 5.54 Å². The summed E-state index contributed by atoms with van der Waals surface area (Å²) in [6.45, 7) is 5.97. The number of ether oxygens (including phenoxy) is 1. The van der Waals surface area contributed by atoms with Crippen LogP contribution in [0.4, 0.5) is 5.69 Å². The molecule has 1 aromatic carbocycles. The summed E-state index contributed by atoms with van der Waals surface area (Å²) in [7, 11) is 1.60. The molecule has 0 N–H and O–H groups in total. The van der Waals surface area contributed by atoms with Gasteiger partial charge in [-0.1, -0.05) is 5.92 Å². The maximum Gasteiger partial charge on any atom is 0.299 e. The van der Waals surface area contributed by atoms with E-state index in [9.17, 15) is 9.59 Å². The van der Waals surface area contributed by atoms with E-state index in [0.717, 1.165) is 11.4 Å². The van der Waals surface area contributed by atoms with E-state index in [0.29, 0.717) is 6.54 Å². The van der Waals surface area contributed by atoms with Gasteiger partial charge >= 0.3 is 0 Å². The van der Waals surface area contributed by atoms with Crippen LogP contribution in [0, 0.1) is 11.8 Å². The van der Waals surface area contributed by atoms with E-state index in [1.165, 1.54) is 4.90 Å². The molecular formula is C17H20N2O3. The summed E-state index contributed by atoms with van der Waals surface area (Å²) in [5.41, 5.74) is 0.291. The Labute approximate surface area is 130 Å². The van der Waals surface area contributed by atoms with E-state index in [4.69, 9.17) is 4.74 Å². The van der Waals surface area contributed by atoms with Crippen LogP contribution in [0.2, 0.25) is 0 Å². The van der Waals surface area contributed by atoms with Crippen molar-refractivity contribution in [2.75, 3.05) is 25.1 Å². The Bertz CT molecular complexity index is 638. The molecule has 0 atom stereocenters. The van der Waals surface area contributed by atoms with Gasteiger partial charge in [0, 0.05) is 12.2 Å². The first-order valence-corrected chi connectivity index (χ1v) is 7.08. The maximum atomic E-state index is 12.5. The minimum atomic E-state index is -0.505. The van der Waals surface area contributed by atoms with Gasteiger partial charge in [0.15, 0.2) is 0 Å². The van der Waals surface area contributed by atoms with Crippen LogP contribution >= 0.6 is 0 Å². The second kappa shape index (κ2) is 6.10. The molecule has 0 saturated carbocycles. The summed E-state index contributed by atoms with van der Waals surface area (Å²) in [5.74, 6) is 5.39. The number of hydrogen-bond acceptors (Lipinski definition) is 3. The molecule has 2 amide bonds. The van der Waals surface area contributed by atoms with E-state index in [-0.39, 0.29) is 18.4 Å². The molecule has 0 aliphatic carbocycles. The third-order valence-electron chi connectivity index (χ3n) is 3.61. The zero-order chi connectivity index (χ0) is 16.3. The molecular weight excluding hydrogens is 280 g/mol. The van der Waals surface area contributed by atoms with E-state index in [1.54, 1.807) is 18.9 Å². The van der Waals surface area contributed by atoms with Crippen molar-refractivity contribution in [3.8, 4) is 17.6 Å². The summed E-state index contributed by atoms with van der Waals surface area (Å²) in [4.78, 5) is 27.7. The van der Waals surface area contributed by atoms with E-state index in [2.05, 4.69) is 11.8 Å². The van der Waals surface area contributed by atoms with Gasteiger partial charge in [0.25, 0.3) is 5.91 Å². The predicted molar refractivity (Wildman–Crippen MR) is 84.6 cm³/mol.